The highest BCUT2D eigenvalue weighted by Gasteiger charge is 2.52. The minimum Gasteiger partial charge on any atom is -0.493 e. The van der Waals surface area contributed by atoms with Gasteiger partial charge in [-0.3, -0.25) is 19.2 Å². The van der Waals surface area contributed by atoms with Crippen LogP contribution in [0.3, 0.4) is 0 Å². The molecule has 5 atom stereocenters. The Bertz CT molecular complexity index is 993. The molecule has 1 aromatic rings. The Morgan fingerprint density at radius 2 is 1.53 bits per heavy atom. The number of amides is 1. The lowest BCUT2D eigenvalue weighted by Gasteiger charge is -2.44. The zero-order chi connectivity index (χ0) is 27.0. The number of benzene rings is 1. The largest absolute Gasteiger partial charge is 0.493 e. The van der Waals surface area contributed by atoms with Crippen molar-refractivity contribution in [2.75, 3.05) is 20.8 Å². The van der Waals surface area contributed by atoms with Crippen LogP contribution in [0.1, 0.15) is 38.1 Å². The van der Waals surface area contributed by atoms with Crippen LogP contribution >= 0.6 is 0 Å². The molecule has 1 N–H and O–H groups in total. The van der Waals surface area contributed by atoms with Gasteiger partial charge in [-0.1, -0.05) is 0 Å². The number of hydrogen-bond donors (Lipinski definition) is 1. The molecule has 198 valence electrons. The molecule has 13 nitrogen and oxygen atoms in total. The molecule has 13 heteroatoms. The minimum atomic E-state index is -1.34. The lowest BCUT2D eigenvalue weighted by atomic mass is 9.96. The molecule has 2 rings (SSSR count). The number of hydrogen-bond acceptors (Lipinski definition) is 12. The highest BCUT2D eigenvalue weighted by atomic mass is 16.7. The third kappa shape index (κ3) is 7.57. The smallest absolute Gasteiger partial charge is 0.337 e. The maximum absolute atomic E-state index is 12.0. The van der Waals surface area contributed by atoms with Crippen molar-refractivity contribution in [3.63, 3.8) is 0 Å². The van der Waals surface area contributed by atoms with Gasteiger partial charge < -0.3 is 38.5 Å². The standard InChI is InChI=1S/C23H29NO12/c1-11(25)24-19-21(34-14(4)28)20(33-13(3)27)18(10-32-12(2)26)36-23(19)35-16-8-7-15(22(29)31-6)9-17(16)30-5/h7-9,18-21,23H,10H2,1-6H3,(H,24,25)/t18-,19+,20+,21+,23-/m0/s1. The highest BCUT2D eigenvalue weighted by Crippen LogP contribution is 2.34. The van der Waals surface area contributed by atoms with Crippen molar-refractivity contribution < 1.29 is 57.1 Å². The molecule has 0 aliphatic carbocycles. The van der Waals surface area contributed by atoms with Gasteiger partial charge in [-0.2, -0.15) is 0 Å². The van der Waals surface area contributed by atoms with Crippen LogP contribution in [0, 0.1) is 0 Å². The molecule has 1 amide bonds. The normalized spacial score (nSPS) is 23.0. The van der Waals surface area contributed by atoms with E-state index < -0.39 is 60.4 Å². The lowest BCUT2D eigenvalue weighted by molar-refractivity contribution is -0.257. The van der Waals surface area contributed by atoms with E-state index in [1.165, 1.54) is 46.3 Å². The summed E-state index contributed by atoms with van der Waals surface area (Å²) in [6.45, 7) is 4.29. The number of carbonyl (C=O) groups is 5. The zero-order valence-electron chi connectivity index (χ0n) is 20.7. The quantitative estimate of drug-likeness (QED) is 0.362. The first-order chi connectivity index (χ1) is 17.0. The average molecular weight is 511 g/mol. The second kappa shape index (κ2) is 12.7. The van der Waals surface area contributed by atoms with E-state index in [4.69, 9.17) is 33.2 Å². The van der Waals surface area contributed by atoms with E-state index in [1.807, 2.05) is 0 Å². The molecule has 1 aromatic carbocycles. The number of nitrogens with one attached hydrogen (secondary N) is 1. The molecule has 0 unspecified atom stereocenters. The van der Waals surface area contributed by atoms with Crippen LogP contribution in [0.4, 0.5) is 0 Å². The van der Waals surface area contributed by atoms with Crippen LogP contribution in [-0.4, -0.2) is 81.3 Å². The molecule has 0 saturated carbocycles. The Hall–Kier alpha value is -3.87. The maximum Gasteiger partial charge on any atom is 0.337 e. The van der Waals surface area contributed by atoms with Gasteiger partial charge in [0, 0.05) is 27.7 Å². The second-order valence-electron chi connectivity index (χ2n) is 7.69. The fourth-order valence-corrected chi connectivity index (χ4v) is 3.53. The number of rotatable bonds is 9. The molecule has 0 radical (unpaired) electrons. The first-order valence-electron chi connectivity index (χ1n) is 10.8. The van der Waals surface area contributed by atoms with E-state index in [9.17, 15) is 24.0 Å². The molecule has 1 aliphatic rings. The molecular formula is C23H29NO12. The Morgan fingerprint density at radius 3 is 2.06 bits per heavy atom. The first-order valence-corrected chi connectivity index (χ1v) is 10.8. The van der Waals surface area contributed by atoms with Crippen LogP contribution < -0.4 is 14.8 Å². The van der Waals surface area contributed by atoms with Crippen molar-refractivity contribution in [2.24, 2.45) is 0 Å². The van der Waals surface area contributed by atoms with Crippen LogP contribution in [0.25, 0.3) is 0 Å². The van der Waals surface area contributed by atoms with Crippen LogP contribution in [0.5, 0.6) is 11.5 Å². The van der Waals surface area contributed by atoms with Crippen molar-refractivity contribution in [3.8, 4) is 11.5 Å². The van der Waals surface area contributed by atoms with Crippen LogP contribution in [0.2, 0.25) is 0 Å². The van der Waals surface area contributed by atoms with Gasteiger partial charge in [-0.05, 0) is 18.2 Å². The highest BCUT2D eigenvalue weighted by molar-refractivity contribution is 5.90. The number of esters is 4. The van der Waals surface area contributed by atoms with E-state index in [-0.39, 0.29) is 23.7 Å². The van der Waals surface area contributed by atoms with Crippen molar-refractivity contribution in [1.29, 1.82) is 0 Å². The number of methoxy groups -OCH3 is 2. The van der Waals surface area contributed by atoms with Gasteiger partial charge in [0.05, 0.1) is 19.8 Å². The molecule has 0 spiro atoms. The summed E-state index contributed by atoms with van der Waals surface area (Å²) in [7, 11) is 2.57. The topological polar surface area (TPSA) is 162 Å². The summed E-state index contributed by atoms with van der Waals surface area (Å²) in [5.74, 6) is -3.00. The lowest BCUT2D eigenvalue weighted by Crippen LogP contribution is -2.67. The number of ether oxygens (including phenoxy) is 7. The van der Waals surface area contributed by atoms with Gasteiger partial charge in [0.15, 0.2) is 23.7 Å². The Kier molecular flexibility index (Phi) is 10.0. The van der Waals surface area contributed by atoms with E-state index >= 15 is 0 Å². The summed E-state index contributed by atoms with van der Waals surface area (Å²) in [6.07, 6.45) is -5.03. The van der Waals surface area contributed by atoms with Crippen molar-refractivity contribution in [1.82, 2.24) is 5.32 Å². The SMILES string of the molecule is COC(=O)c1ccc(O[C@H]2O[C@@H](COC(C)=O)[C@@H](OC(C)=O)[C@H](OC(C)=O)[C@H]2NC(C)=O)c(OC)c1. The first kappa shape index (κ1) is 28.4. The fraction of sp³-hybridized carbons (Fsp3) is 0.522. The molecule has 1 saturated heterocycles. The fourth-order valence-electron chi connectivity index (χ4n) is 3.53. The monoisotopic (exact) mass is 511 g/mol. The van der Waals surface area contributed by atoms with Crippen LogP contribution in [0.15, 0.2) is 18.2 Å². The zero-order valence-corrected chi connectivity index (χ0v) is 20.7. The molecule has 1 aliphatic heterocycles. The average Bonchev–Trinajstić information content (AvgIpc) is 2.80. The predicted molar refractivity (Wildman–Crippen MR) is 119 cm³/mol. The van der Waals surface area contributed by atoms with Gasteiger partial charge in [-0.15, -0.1) is 0 Å². The van der Waals surface area contributed by atoms with E-state index in [0.717, 1.165) is 13.8 Å². The number of carbonyl (C=O) groups excluding carboxylic acids is 5. The third-order valence-electron chi connectivity index (χ3n) is 4.90. The van der Waals surface area contributed by atoms with Crippen LogP contribution in [-0.2, 0) is 42.9 Å². The van der Waals surface area contributed by atoms with E-state index in [0.29, 0.717) is 0 Å². The van der Waals surface area contributed by atoms with Gasteiger partial charge in [0.25, 0.3) is 0 Å². The van der Waals surface area contributed by atoms with Crippen molar-refractivity contribution in [3.05, 3.63) is 23.8 Å². The van der Waals surface area contributed by atoms with Crippen molar-refractivity contribution >= 4 is 29.8 Å². The molecule has 36 heavy (non-hydrogen) atoms. The Labute approximate surface area is 207 Å². The molecule has 0 aromatic heterocycles. The van der Waals surface area contributed by atoms with E-state index in [1.54, 1.807) is 0 Å². The molecule has 1 heterocycles. The molecular weight excluding hydrogens is 482 g/mol. The Morgan fingerprint density at radius 1 is 0.889 bits per heavy atom. The summed E-state index contributed by atoms with van der Waals surface area (Å²) >= 11 is 0. The van der Waals surface area contributed by atoms with Gasteiger partial charge in [0.2, 0.25) is 12.2 Å². The summed E-state index contributed by atoms with van der Waals surface area (Å²) in [5.41, 5.74) is 0.185. The van der Waals surface area contributed by atoms with Gasteiger partial charge in [0.1, 0.15) is 18.8 Å². The summed E-state index contributed by atoms with van der Waals surface area (Å²) in [5, 5.41) is 2.59. The summed E-state index contributed by atoms with van der Waals surface area (Å²) in [6, 6.07) is 3.04. The minimum absolute atomic E-state index is 0.101. The maximum atomic E-state index is 12.0. The van der Waals surface area contributed by atoms with Gasteiger partial charge >= 0.3 is 23.9 Å². The molecule has 0 bridgehead atoms. The second-order valence-corrected chi connectivity index (χ2v) is 7.69. The predicted octanol–water partition coefficient (Wildman–Crippen LogP) is 0.517. The van der Waals surface area contributed by atoms with Gasteiger partial charge in [-0.25, -0.2) is 4.79 Å². The van der Waals surface area contributed by atoms with E-state index in [2.05, 4.69) is 5.32 Å². The van der Waals surface area contributed by atoms with Crippen molar-refractivity contribution in [2.45, 2.75) is 58.3 Å². The third-order valence-corrected chi connectivity index (χ3v) is 4.90. The summed E-state index contributed by atoms with van der Waals surface area (Å²) < 4.78 is 37.7. The summed E-state index contributed by atoms with van der Waals surface area (Å²) in [4.78, 5) is 59.1. The Balaban J connectivity index is 2.52. The molecule has 1 fully saturated rings.